The lowest BCUT2D eigenvalue weighted by molar-refractivity contribution is -0.0103. The lowest BCUT2D eigenvalue weighted by Crippen LogP contribution is -2.27. The zero-order valence-electron chi connectivity index (χ0n) is 18.4. The molecular weight excluding hydrogens is 408 g/mol. The van der Waals surface area contributed by atoms with E-state index in [9.17, 15) is 4.79 Å². The Morgan fingerprint density at radius 1 is 1.25 bits per heavy atom. The van der Waals surface area contributed by atoms with E-state index in [1.807, 2.05) is 43.9 Å². The monoisotopic (exact) mass is 434 g/mol. The van der Waals surface area contributed by atoms with E-state index in [-0.39, 0.29) is 6.03 Å². The SMILES string of the molecule is CCNC(=O)n1cnc2c(NC)cc(-c3cn(C)c4nnc(COC5CCC5)cc34)nc21. The summed E-state index contributed by atoms with van der Waals surface area (Å²) in [4.78, 5) is 21.7. The minimum Gasteiger partial charge on any atom is -0.386 e. The van der Waals surface area contributed by atoms with Gasteiger partial charge in [-0.05, 0) is 38.3 Å². The van der Waals surface area contributed by atoms with E-state index >= 15 is 0 Å². The van der Waals surface area contributed by atoms with Gasteiger partial charge in [-0.25, -0.2) is 19.3 Å². The van der Waals surface area contributed by atoms with E-state index in [1.54, 1.807) is 0 Å². The average molecular weight is 435 g/mol. The second kappa shape index (κ2) is 8.19. The van der Waals surface area contributed by atoms with Gasteiger partial charge in [0.05, 0.1) is 29.8 Å². The number of imidazole rings is 1. The van der Waals surface area contributed by atoms with Crippen LogP contribution in [0, 0.1) is 0 Å². The zero-order valence-corrected chi connectivity index (χ0v) is 18.4. The number of aromatic nitrogens is 6. The van der Waals surface area contributed by atoms with Gasteiger partial charge in [-0.3, -0.25) is 0 Å². The lowest BCUT2D eigenvalue weighted by atomic mass is 9.96. The molecule has 10 heteroatoms. The van der Waals surface area contributed by atoms with Gasteiger partial charge in [-0.2, -0.15) is 5.10 Å². The summed E-state index contributed by atoms with van der Waals surface area (Å²) >= 11 is 0. The van der Waals surface area contributed by atoms with E-state index < -0.39 is 0 Å². The van der Waals surface area contributed by atoms with Crippen LogP contribution >= 0.6 is 0 Å². The van der Waals surface area contributed by atoms with Crippen molar-refractivity contribution in [2.24, 2.45) is 7.05 Å². The van der Waals surface area contributed by atoms with E-state index in [1.165, 1.54) is 17.3 Å². The summed E-state index contributed by atoms with van der Waals surface area (Å²) in [5.74, 6) is 0. The highest BCUT2D eigenvalue weighted by atomic mass is 16.5. The number of carbonyl (C=O) groups is 1. The number of hydrogen-bond donors (Lipinski definition) is 2. The third-order valence-electron chi connectivity index (χ3n) is 5.89. The zero-order chi connectivity index (χ0) is 22.2. The van der Waals surface area contributed by atoms with Gasteiger partial charge in [0, 0.05) is 37.8 Å². The van der Waals surface area contributed by atoms with Gasteiger partial charge in [-0.1, -0.05) is 0 Å². The number of fused-ring (bicyclic) bond motifs is 2. The number of pyridine rings is 1. The fourth-order valence-electron chi connectivity index (χ4n) is 3.93. The molecule has 0 saturated heterocycles. The number of ether oxygens (including phenoxy) is 1. The predicted octanol–water partition coefficient (Wildman–Crippen LogP) is 3.07. The summed E-state index contributed by atoms with van der Waals surface area (Å²) in [5, 5.41) is 15.7. The minimum absolute atomic E-state index is 0.263. The van der Waals surface area contributed by atoms with Crippen molar-refractivity contribution in [3.63, 3.8) is 0 Å². The van der Waals surface area contributed by atoms with Crippen molar-refractivity contribution in [1.29, 1.82) is 0 Å². The molecule has 0 unspecified atom stereocenters. The number of carbonyl (C=O) groups excluding carboxylic acids is 1. The topological polar surface area (TPSA) is 112 Å². The van der Waals surface area contributed by atoms with Crippen LogP contribution in [-0.2, 0) is 18.4 Å². The fraction of sp³-hybridized carbons (Fsp3) is 0.409. The highest BCUT2D eigenvalue weighted by Crippen LogP contribution is 2.33. The lowest BCUT2D eigenvalue weighted by Gasteiger charge is -2.25. The van der Waals surface area contributed by atoms with Crippen LogP contribution in [0.25, 0.3) is 33.5 Å². The highest BCUT2D eigenvalue weighted by Gasteiger charge is 2.20. The molecule has 10 nitrogen and oxygen atoms in total. The Bertz CT molecular complexity index is 1300. The molecule has 4 heterocycles. The Morgan fingerprint density at radius 2 is 2.09 bits per heavy atom. The van der Waals surface area contributed by atoms with Crippen molar-refractivity contribution in [2.75, 3.05) is 18.9 Å². The Labute approximate surface area is 185 Å². The van der Waals surface area contributed by atoms with Crippen LogP contribution in [0.2, 0.25) is 0 Å². The molecule has 1 fully saturated rings. The molecule has 1 aliphatic carbocycles. The first-order valence-corrected chi connectivity index (χ1v) is 10.9. The molecule has 2 N–H and O–H groups in total. The van der Waals surface area contributed by atoms with Gasteiger partial charge >= 0.3 is 6.03 Å². The van der Waals surface area contributed by atoms with Crippen molar-refractivity contribution < 1.29 is 9.53 Å². The van der Waals surface area contributed by atoms with Crippen molar-refractivity contribution in [3.05, 3.63) is 30.4 Å². The number of anilines is 1. The Kier molecular flexibility index (Phi) is 5.22. The number of hydrogen-bond acceptors (Lipinski definition) is 7. The molecule has 1 saturated carbocycles. The summed E-state index contributed by atoms with van der Waals surface area (Å²) in [6.45, 7) is 2.84. The molecular formula is C22H26N8O2. The maximum Gasteiger partial charge on any atom is 0.328 e. The first-order chi connectivity index (χ1) is 15.6. The van der Waals surface area contributed by atoms with Gasteiger partial charge < -0.3 is 19.9 Å². The maximum atomic E-state index is 12.5. The average Bonchev–Trinajstić information content (AvgIpc) is 3.33. The second-order valence-corrected chi connectivity index (χ2v) is 8.02. The summed E-state index contributed by atoms with van der Waals surface area (Å²) in [5.41, 5.74) is 5.10. The first-order valence-electron chi connectivity index (χ1n) is 10.9. The third-order valence-corrected chi connectivity index (χ3v) is 5.89. The smallest absolute Gasteiger partial charge is 0.328 e. The van der Waals surface area contributed by atoms with Crippen LogP contribution < -0.4 is 10.6 Å². The molecule has 4 aromatic heterocycles. The first kappa shape index (κ1) is 20.4. The van der Waals surface area contributed by atoms with Gasteiger partial charge in [0.25, 0.3) is 0 Å². The quantitative estimate of drug-likeness (QED) is 0.480. The second-order valence-electron chi connectivity index (χ2n) is 8.02. The van der Waals surface area contributed by atoms with Crippen LogP contribution in [0.5, 0.6) is 0 Å². The standard InChI is InChI=1S/C22H26N8O2/c1-4-24-22(31)30-12-25-19-18(23-2)9-17(26-21(19)30)16-10-29(3)20-15(16)8-13(27-28-20)11-32-14-6-5-7-14/h8-10,12,14H,4-7,11H2,1-3H3,(H,23,26)(H,24,31). The van der Waals surface area contributed by atoms with Crippen molar-refractivity contribution in [1.82, 2.24) is 34.6 Å². The fourth-order valence-corrected chi connectivity index (χ4v) is 3.93. The van der Waals surface area contributed by atoms with Gasteiger partial charge in [0.15, 0.2) is 11.3 Å². The molecule has 32 heavy (non-hydrogen) atoms. The number of nitrogens with one attached hydrogen (secondary N) is 2. The van der Waals surface area contributed by atoms with Gasteiger partial charge in [0.2, 0.25) is 0 Å². The molecule has 0 aromatic carbocycles. The normalized spacial score (nSPS) is 14.1. The van der Waals surface area contributed by atoms with E-state index in [0.717, 1.165) is 46.5 Å². The predicted molar refractivity (Wildman–Crippen MR) is 121 cm³/mol. The molecule has 166 valence electrons. The molecule has 1 amide bonds. The number of rotatable bonds is 6. The van der Waals surface area contributed by atoms with E-state index in [4.69, 9.17) is 9.72 Å². The third kappa shape index (κ3) is 3.46. The van der Waals surface area contributed by atoms with Crippen molar-refractivity contribution in [2.45, 2.75) is 38.9 Å². The molecule has 0 bridgehead atoms. The molecule has 5 rings (SSSR count). The largest absolute Gasteiger partial charge is 0.386 e. The number of amides is 1. The van der Waals surface area contributed by atoms with Crippen LogP contribution in [-0.4, -0.2) is 55.0 Å². The van der Waals surface area contributed by atoms with E-state index in [0.29, 0.717) is 30.4 Å². The molecule has 0 radical (unpaired) electrons. The van der Waals surface area contributed by atoms with Crippen LogP contribution in [0.15, 0.2) is 24.7 Å². The van der Waals surface area contributed by atoms with Crippen LogP contribution in [0.1, 0.15) is 31.9 Å². The van der Waals surface area contributed by atoms with E-state index in [2.05, 4.69) is 25.8 Å². The highest BCUT2D eigenvalue weighted by molar-refractivity contribution is 5.98. The molecule has 0 atom stereocenters. The summed E-state index contributed by atoms with van der Waals surface area (Å²) in [6.07, 6.45) is 7.27. The van der Waals surface area contributed by atoms with Crippen molar-refractivity contribution >= 4 is 33.9 Å². The molecule has 1 aliphatic rings. The Balaban J connectivity index is 1.61. The Morgan fingerprint density at radius 3 is 2.81 bits per heavy atom. The van der Waals surface area contributed by atoms with Crippen LogP contribution in [0.4, 0.5) is 10.5 Å². The van der Waals surface area contributed by atoms with Crippen LogP contribution in [0.3, 0.4) is 0 Å². The summed E-state index contributed by atoms with van der Waals surface area (Å²) < 4.78 is 9.29. The maximum absolute atomic E-state index is 12.5. The van der Waals surface area contributed by atoms with Gasteiger partial charge in [0.1, 0.15) is 11.8 Å². The van der Waals surface area contributed by atoms with Crippen molar-refractivity contribution in [3.8, 4) is 11.3 Å². The summed E-state index contributed by atoms with van der Waals surface area (Å²) in [6, 6.07) is 3.69. The number of aryl methyl sites for hydroxylation is 1. The Hall–Kier alpha value is -3.53. The van der Waals surface area contributed by atoms with Gasteiger partial charge in [-0.15, -0.1) is 5.10 Å². The summed E-state index contributed by atoms with van der Waals surface area (Å²) in [7, 11) is 3.76. The molecule has 4 aromatic rings. The minimum atomic E-state index is -0.263. The number of nitrogens with zero attached hydrogens (tertiary/aromatic N) is 6. The molecule has 0 aliphatic heterocycles. The molecule has 0 spiro atoms.